The Kier molecular flexibility index (Phi) is 9.03. The fourth-order valence-electron chi connectivity index (χ4n) is 4.66. The molecule has 1 atom stereocenters. The molecule has 0 radical (unpaired) electrons. The lowest BCUT2D eigenvalue weighted by atomic mass is 9.96. The van der Waals surface area contributed by atoms with Gasteiger partial charge in [0.05, 0.1) is 11.7 Å². The quantitative estimate of drug-likeness (QED) is 0.329. The van der Waals surface area contributed by atoms with Crippen LogP contribution in [-0.4, -0.2) is 40.0 Å². The van der Waals surface area contributed by atoms with Crippen LogP contribution in [0.15, 0.2) is 35.3 Å². The van der Waals surface area contributed by atoms with Crippen molar-refractivity contribution in [2.45, 2.75) is 65.8 Å². The molecule has 4 rings (SSSR count). The molecule has 0 unspecified atom stereocenters. The van der Waals surface area contributed by atoms with Crippen molar-refractivity contribution < 1.29 is 9.53 Å². The number of ether oxygens (including phenoxy) is 1. The predicted molar refractivity (Wildman–Crippen MR) is 149 cm³/mol. The lowest BCUT2D eigenvalue weighted by Crippen LogP contribution is -2.36. The predicted octanol–water partition coefficient (Wildman–Crippen LogP) is 5.97. The summed E-state index contributed by atoms with van der Waals surface area (Å²) in [5.41, 5.74) is 1.37. The van der Waals surface area contributed by atoms with Gasteiger partial charge < -0.3 is 19.5 Å². The number of Topliss-reactive ketones (excluding diaryl/α,β-unsaturated/α-hetero) is 1. The van der Waals surface area contributed by atoms with Crippen LogP contribution in [0.25, 0.3) is 10.9 Å². The maximum Gasteiger partial charge on any atom is 0.293 e. The summed E-state index contributed by atoms with van der Waals surface area (Å²) in [5.74, 6) is 1.99. The van der Waals surface area contributed by atoms with Gasteiger partial charge in [-0.15, -0.1) is 0 Å². The second-order valence-corrected chi connectivity index (χ2v) is 10.0. The van der Waals surface area contributed by atoms with E-state index in [1.165, 1.54) is 6.42 Å². The number of carbonyl (C=O) groups is 1. The number of benzene rings is 1. The lowest BCUT2D eigenvalue weighted by molar-refractivity contribution is -0.120. The topological polar surface area (TPSA) is 89.3 Å². The van der Waals surface area contributed by atoms with Crippen molar-refractivity contribution in [2.75, 3.05) is 29.9 Å². The number of rotatable bonds is 11. The average molecular weight is 526 g/mol. The van der Waals surface area contributed by atoms with Crippen LogP contribution >= 0.6 is 11.6 Å². The van der Waals surface area contributed by atoms with Crippen LogP contribution < -0.4 is 20.5 Å². The Hall–Kier alpha value is -3.13. The molecule has 0 saturated carbocycles. The number of anilines is 3. The number of unbranched alkanes of at least 4 members (excludes halogenated alkanes) is 1. The number of piperidine rings is 1. The first-order valence-corrected chi connectivity index (χ1v) is 13.7. The van der Waals surface area contributed by atoms with Gasteiger partial charge in [0.1, 0.15) is 11.6 Å². The Morgan fingerprint density at radius 2 is 2.08 bits per heavy atom. The molecule has 0 aliphatic carbocycles. The largest absolute Gasteiger partial charge is 0.480 e. The van der Waals surface area contributed by atoms with E-state index in [1.54, 1.807) is 23.8 Å². The van der Waals surface area contributed by atoms with Crippen LogP contribution in [-0.2, 0) is 11.3 Å². The van der Waals surface area contributed by atoms with Gasteiger partial charge in [-0.3, -0.25) is 9.59 Å². The standard InChI is InChI=1S/C28H36ClN5O3/c1-4-7-13-34-24-11-10-21(14-20(24)15-25(27(34)36)37-18-22(35)6-3)31-26-23(29)16-30-28(32-26)33-12-8-9-19(5-2)17-33/h10-11,14-16,19H,4-9,12-13,17-18H2,1-3H3,(H,30,31,32)/t19-/m0/s1. The number of ketones is 1. The molecule has 0 amide bonds. The fraction of sp³-hybridized carbons (Fsp3) is 0.500. The van der Waals surface area contributed by atoms with Gasteiger partial charge in [-0.05, 0) is 49.4 Å². The number of nitrogens with zero attached hydrogens (tertiary/aromatic N) is 4. The Labute approximate surface area is 223 Å². The molecule has 2 aromatic heterocycles. The summed E-state index contributed by atoms with van der Waals surface area (Å²) in [6.07, 6.45) is 7.34. The maximum absolute atomic E-state index is 13.1. The molecule has 8 nitrogen and oxygen atoms in total. The van der Waals surface area contributed by atoms with Crippen LogP contribution in [0.4, 0.5) is 17.5 Å². The Morgan fingerprint density at radius 1 is 1.24 bits per heavy atom. The van der Waals surface area contributed by atoms with Crippen molar-refractivity contribution in [3.8, 4) is 5.75 Å². The minimum absolute atomic E-state index is 0.0526. The summed E-state index contributed by atoms with van der Waals surface area (Å²) < 4.78 is 7.37. The molecular weight excluding hydrogens is 490 g/mol. The van der Waals surface area contributed by atoms with Crippen molar-refractivity contribution in [1.82, 2.24) is 14.5 Å². The normalized spacial score (nSPS) is 15.7. The molecule has 3 heterocycles. The van der Waals surface area contributed by atoms with Crippen molar-refractivity contribution in [1.29, 1.82) is 0 Å². The van der Waals surface area contributed by atoms with Gasteiger partial charge >= 0.3 is 0 Å². The summed E-state index contributed by atoms with van der Waals surface area (Å²) >= 11 is 6.47. The molecule has 0 spiro atoms. The monoisotopic (exact) mass is 525 g/mol. The molecule has 3 aromatic rings. The highest BCUT2D eigenvalue weighted by Gasteiger charge is 2.21. The minimum atomic E-state index is -0.221. The number of aromatic nitrogens is 3. The van der Waals surface area contributed by atoms with Crippen LogP contribution in [0, 0.1) is 5.92 Å². The van der Waals surface area contributed by atoms with Gasteiger partial charge in [0.2, 0.25) is 5.95 Å². The third kappa shape index (κ3) is 6.42. The molecule has 0 bridgehead atoms. The Morgan fingerprint density at radius 3 is 2.84 bits per heavy atom. The number of hydrogen-bond acceptors (Lipinski definition) is 7. The molecule has 198 valence electrons. The van der Waals surface area contributed by atoms with E-state index in [0.717, 1.165) is 55.4 Å². The molecular formula is C28H36ClN5O3. The van der Waals surface area contributed by atoms with Gasteiger partial charge in [-0.25, -0.2) is 4.98 Å². The lowest BCUT2D eigenvalue weighted by Gasteiger charge is -2.32. The first-order valence-electron chi connectivity index (χ1n) is 13.3. The van der Waals surface area contributed by atoms with Crippen LogP contribution in [0.3, 0.4) is 0 Å². The summed E-state index contributed by atoms with van der Waals surface area (Å²) in [7, 11) is 0. The molecule has 37 heavy (non-hydrogen) atoms. The van der Waals surface area contributed by atoms with E-state index < -0.39 is 0 Å². The van der Waals surface area contributed by atoms with Gasteiger partial charge in [-0.2, -0.15) is 4.98 Å². The van der Waals surface area contributed by atoms with E-state index in [-0.39, 0.29) is 23.7 Å². The minimum Gasteiger partial charge on any atom is -0.480 e. The number of aryl methyl sites for hydroxylation is 1. The SMILES string of the molecule is CCCCn1c(=O)c(OCC(=O)CC)cc2cc(Nc3nc(N4CCC[C@H](CC)C4)ncc3Cl)ccc21. The summed E-state index contributed by atoms with van der Waals surface area (Å²) in [6, 6.07) is 7.48. The van der Waals surface area contributed by atoms with Gasteiger partial charge in [-0.1, -0.05) is 45.2 Å². The molecule has 9 heteroatoms. The first kappa shape index (κ1) is 26.9. The van der Waals surface area contributed by atoms with Gasteiger partial charge in [0, 0.05) is 37.1 Å². The molecule has 1 N–H and O–H groups in total. The van der Waals surface area contributed by atoms with E-state index >= 15 is 0 Å². The van der Waals surface area contributed by atoms with E-state index in [4.69, 9.17) is 21.3 Å². The third-order valence-corrected chi connectivity index (χ3v) is 7.23. The first-order chi connectivity index (χ1) is 17.9. The molecule has 1 aromatic carbocycles. The summed E-state index contributed by atoms with van der Waals surface area (Å²) in [5, 5.41) is 4.59. The number of nitrogens with one attached hydrogen (secondary N) is 1. The van der Waals surface area contributed by atoms with Crippen molar-refractivity contribution >= 4 is 45.7 Å². The number of hydrogen-bond donors (Lipinski definition) is 1. The Balaban J connectivity index is 1.65. The molecule has 1 aliphatic rings. The van der Waals surface area contributed by atoms with E-state index in [2.05, 4.69) is 29.0 Å². The van der Waals surface area contributed by atoms with Crippen molar-refractivity contribution in [3.63, 3.8) is 0 Å². The van der Waals surface area contributed by atoms with Crippen LogP contribution in [0.1, 0.15) is 59.3 Å². The third-order valence-electron chi connectivity index (χ3n) is 6.95. The number of pyridine rings is 1. The summed E-state index contributed by atoms with van der Waals surface area (Å²) in [4.78, 5) is 36.4. The molecule has 1 saturated heterocycles. The zero-order chi connectivity index (χ0) is 26.4. The van der Waals surface area contributed by atoms with Crippen molar-refractivity contribution in [3.05, 3.63) is 45.8 Å². The van der Waals surface area contributed by atoms with Gasteiger partial charge in [0.15, 0.2) is 17.4 Å². The van der Waals surface area contributed by atoms with E-state index in [9.17, 15) is 9.59 Å². The molecule has 1 fully saturated rings. The average Bonchev–Trinajstić information content (AvgIpc) is 2.92. The number of halogens is 1. The van der Waals surface area contributed by atoms with E-state index in [1.807, 2.05) is 18.2 Å². The van der Waals surface area contributed by atoms with E-state index in [0.29, 0.717) is 35.7 Å². The highest BCUT2D eigenvalue weighted by molar-refractivity contribution is 6.32. The van der Waals surface area contributed by atoms with Crippen LogP contribution in [0.2, 0.25) is 5.02 Å². The number of fused-ring (bicyclic) bond motifs is 1. The Bertz CT molecular complexity index is 1310. The zero-order valence-electron chi connectivity index (χ0n) is 21.9. The second-order valence-electron chi connectivity index (χ2n) is 9.63. The summed E-state index contributed by atoms with van der Waals surface area (Å²) in [6.45, 7) is 8.44. The zero-order valence-corrected chi connectivity index (χ0v) is 22.7. The second kappa shape index (κ2) is 12.4. The smallest absolute Gasteiger partial charge is 0.293 e. The van der Waals surface area contributed by atoms with Gasteiger partial charge in [0.25, 0.3) is 5.56 Å². The molecule has 1 aliphatic heterocycles. The maximum atomic E-state index is 13.1. The highest BCUT2D eigenvalue weighted by atomic mass is 35.5. The van der Waals surface area contributed by atoms with Crippen molar-refractivity contribution in [2.24, 2.45) is 5.92 Å². The van der Waals surface area contributed by atoms with Crippen LogP contribution in [0.5, 0.6) is 5.75 Å². The highest BCUT2D eigenvalue weighted by Crippen LogP contribution is 2.29. The number of carbonyl (C=O) groups excluding carboxylic acids is 1. The fourth-order valence-corrected chi connectivity index (χ4v) is 4.79.